The van der Waals surface area contributed by atoms with Crippen molar-refractivity contribution in [2.24, 2.45) is 5.92 Å². The molecule has 0 spiro atoms. The normalized spacial score (nSPS) is 29.7. The summed E-state index contributed by atoms with van der Waals surface area (Å²) in [4.78, 5) is 11.2. The van der Waals surface area contributed by atoms with Gasteiger partial charge >= 0.3 is 5.97 Å². The van der Waals surface area contributed by atoms with Crippen molar-refractivity contribution in [3.8, 4) is 0 Å². The SMILES string of the molecule is CC(NCC1COCCO1)(C(=O)O)C1CC1. The van der Waals surface area contributed by atoms with Gasteiger partial charge in [-0.3, -0.25) is 10.1 Å². The summed E-state index contributed by atoms with van der Waals surface area (Å²) in [5.41, 5.74) is -0.805. The Bertz CT molecular complexity index is 261. The highest BCUT2D eigenvalue weighted by atomic mass is 16.6. The van der Waals surface area contributed by atoms with Crippen molar-refractivity contribution in [1.29, 1.82) is 0 Å². The maximum Gasteiger partial charge on any atom is 0.323 e. The Balaban J connectivity index is 1.83. The van der Waals surface area contributed by atoms with Gasteiger partial charge in [0.05, 0.1) is 25.9 Å². The van der Waals surface area contributed by atoms with Gasteiger partial charge in [0, 0.05) is 6.54 Å². The Morgan fingerprint density at radius 1 is 1.50 bits per heavy atom. The fourth-order valence-electron chi connectivity index (χ4n) is 2.04. The number of hydrogen-bond acceptors (Lipinski definition) is 4. The molecule has 0 radical (unpaired) electrons. The second kappa shape index (κ2) is 4.69. The number of carboxylic acid groups (broad SMARTS) is 1. The van der Waals surface area contributed by atoms with Gasteiger partial charge in [-0.05, 0) is 25.7 Å². The van der Waals surface area contributed by atoms with E-state index in [0.29, 0.717) is 26.4 Å². The fraction of sp³-hybridized carbons (Fsp3) is 0.909. The minimum atomic E-state index is -0.805. The highest BCUT2D eigenvalue weighted by Crippen LogP contribution is 2.39. The third kappa shape index (κ3) is 2.53. The van der Waals surface area contributed by atoms with Crippen LogP contribution in [0, 0.1) is 5.92 Å². The van der Waals surface area contributed by atoms with E-state index in [-0.39, 0.29) is 12.0 Å². The molecule has 0 amide bonds. The van der Waals surface area contributed by atoms with Crippen LogP contribution in [0.4, 0.5) is 0 Å². The van der Waals surface area contributed by atoms with Crippen molar-refractivity contribution in [2.75, 3.05) is 26.4 Å². The molecule has 16 heavy (non-hydrogen) atoms. The van der Waals surface area contributed by atoms with E-state index in [1.807, 2.05) is 0 Å². The molecule has 0 aromatic heterocycles. The van der Waals surface area contributed by atoms with Crippen LogP contribution in [0.25, 0.3) is 0 Å². The lowest BCUT2D eigenvalue weighted by atomic mass is 9.96. The molecule has 1 aliphatic heterocycles. The highest BCUT2D eigenvalue weighted by Gasteiger charge is 2.47. The molecule has 2 aliphatic rings. The van der Waals surface area contributed by atoms with Crippen LogP contribution in [-0.2, 0) is 14.3 Å². The molecule has 0 bridgehead atoms. The summed E-state index contributed by atoms with van der Waals surface area (Å²) >= 11 is 0. The summed E-state index contributed by atoms with van der Waals surface area (Å²) in [7, 11) is 0. The monoisotopic (exact) mass is 229 g/mol. The average molecular weight is 229 g/mol. The van der Waals surface area contributed by atoms with Crippen LogP contribution in [-0.4, -0.2) is 49.1 Å². The Kier molecular flexibility index (Phi) is 3.47. The topological polar surface area (TPSA) is 67.8 Å². The van der Waals surface area contributed by atoms with Crippen molar-refractivity contribution in [2.45, 2.75) is 31.4 Å². The summed E-state index contributed by atoms with van der Waals surface area (Å²) in [5, 5.41) is 12.4. The summed E-state index contributed by atoms with van der Waals surface area (Å²) in [5.74, 6) is -0.513. The molecule has 5 heteroatoms. The zero-order valence-corrected chi connectivity index (χ0v) is 9.57. The lowest BCUT2D eigenvalue weighted by Gasteiger charge is -2.30. The molecule has 2 atom stereocenters. The van der Waals surface area contributed by atoms with Gasteiger partial charge < -0.3 is 14.6 Å². The van der Waals surface area contributed by atoms with E-state index in [9.17, 15) is 9.90 Å². The first-order chi connectivity index (χ1) is 7.63. The van der Waals surface area contributed by atoms with Crippen molar-refractivity contribution in [1.82, 2.24) is 5.32 Å². The molecule has 2 fully saturated rings. The third-order valence-electron chi connectivity index (χ3n) is 3.42. The van der Waals surface area contributed by atoms with Gasteiger partial charge in [-0.25, -0.2) is 0 Å². The minimum absolute atomic E-state index is 0.0221. The Labute approximate surface area is 95.1 Å². The number of hydrogen-bond donors (Lipinski definition) is 2. The van der Waals surface area contributed by atoms with Gasteiger partial charge in [0.25, 0.3) is 0 Å². The van der Waals surface area contributed by atoms with E-state index in [1.165, 1.54) is 0 Å². The molecule has 92 valence electrons. The Morgan fingerprint density at radius 2 is 2.25 bits per heavy atom. The van der Waals surface area contributed by atoms with Gasteiger partial charge in [-0.2, -0.15) is 0 Å². The largest absolute Gasteiger partial charge is 0.480 e. The van der Waals surface area contributed by atoms with Crippen molar-refractivity contribution in [3.63, 3.8) is 0 Å². The number of ether oxygens (including phenoxy) is 2. The van der Waals surface area contributed by atoms with E-state index in [0.717, 1.165) is 12.8 Å². The van der Waals surface area contributed by atoms with Crippen LogP contribution in [0.1, 0.15) is 19.8 Å². The molecule has 2 rings (SSSR count). The predicted octanol–water partition coefficient (Wildman–Crippen LogP) is 0.245. The summed E-state index contributed by atoms with van der Waals surface area (Å²) in [6, 6.07) is 0. The van der Waals surface area contributed by atoms with E-state index in [4.69, 9.17) is 9.47 Å². The number of nitrogens with one attached hydrogen (secondary N) is 1. The van der Waals surface area contributed by atoms with Gasteiger partial charge in [-0.15, -0.1) is 0 Å². The minimum Gasteiger partial charge on any atom is -0.480 e. The number of carbonyl (C=O) groups is 1. The van der Waals surface area contributed by atoms with E-state index in [2.05, 4.69) is 5.32 Å². The molecule has 1 heterocycles. The Hall–Kier alpha value is -0.650. The number of aliphatic carboxylic acids is 1. The van der Waals surface area contributed by atoms with E-state index >= 15 is 0 Å². The predicted molar refractivity (Wildman–Crippen MR) is 57.3 cm³/mol. The van der Waals surface area contributed by atoms with Gasteiger partial charge in [-0.1, -0.05) is 0 Å². The molecule has 2 N–H and O–H groups in total. The first kappa shape index (κ1) is 11.8. The number of rotatable bonds is 5. The van der Waals surface area contributed by atoms with Gasteiger partial charge in [0.15, 0.2) is 0 Å². The van der Waals surface area contributed by atoms with Crippen LogP contribution in [0.2, 0.25) is 0 Å². The average Bonchev–Trinajstić information content (AvgIpc) is 3.11. The van der Waals surface area contributed by atoms with E-state index in [1.54, 1.807) is 6.92 Å². The third-order valence-corrected chi connectivity index (χ3v) is 3.42. The van der Waals surface area contributed by atoms with Crippen LogP contribution in [0.5, 0.6) is 0 Å². The highest BCUT2D eigenvalue weighted by molar-refractivity contribution is 5.79. The smallest absolute Gasteiger partial charge is 0.323 e. The molecule has 0 aromatic carbocycles. The molecule has 0 aromatic rings. The van der Waals surface area contributed by atoms with Crippen molar-refractivity contribution in [3.05, 3.63) is 0 Å². The zero-order valence-electron chi connectivity index (χ0n) is 9.57. The molecule has 1 saturated heterocycles. The lowest BCUT2D eigenvalue weighted by Crippen LogP contribution is -2.54. The summed E-state index contributed by atoms with van der Waals surface area (Å²) in [6.07, 6.45) is 1.97. The van der Waals surface area contributed by atoms with Crippen molar-refractivity contribution < 1.29 is 19.4 Å². The first-order valence-electron chi connectivity index (χ1n) is 5.80. The molecular formula is C11H19NO4. The molecular weight excluding hydrogens is 210 g/mol. The molecule has 2 unspecified atom stereocenters. The van der Waals surface area contributed by atoms with Crippen LogP contribution >= 0.6 is 0 Å². The second-order valence-electron chi connectivity index (χ2n) is 4.73. The summed E-state index contributed by atoms with van der Waals surface area (Å²) < 4.78 is 10.7. The lowest BCUT2D eigenvalue weighted by molar-refractivity contribution is -0.146. The Morgan fingerprint density at radius 3 is 2.75 bits per heavy atom. The fourth-order valence-corrected chi connectivity index (χ4v) is 2.04. The quantitative estimate of drug-likeness (QED) is 0.707. The maximum absolute atomic E-state index is 11.2. The zero-order chi connectivity index (χ0) is 11.6. The van der Waals surface area contributed by atoms with E-state index < -0.39 is 11.5 Å². The molecule has 1 saturated carbocycles. The van der Waals surface area contributed by atoms with Crippen LogP contribution < -0.4 is 5.32 Å². The van der Waals surface area contributed by atoms with Crippen LogP contribution in [0.15, 0.2) is 0 Å². The van der Waals surface area contributed by atoms with Crippen molar-refractivity contribution >= 4 is 5.97 Å². The van der Waals surface area contributed by atoms with Gasteiger partial charge in [0.2, 0.25) is 0 Å². The van der Waals surface area contributed by atoms with Gasteiger partial charge in [0.1, 0.15) is 5.54 Å². The molecule has 1 aliphatic carbocycles. The summed E-state index contributed by atoms with van der Waals surface area (Å²) in [6.45, 7) is 4.08. The number of carboxylic acids is 1. The second-order valence-corrected chi connectivity index (χ2v) is 4.73. The standard InChI is InChI=1S/C11H19NO4/c1-11(10(13)14,8-2-3-8)12-6-9-7-15-4-5-16-9/h8-9,12H,2-7H2,1H3,(H,13,14). The maximum atomic E-state index is 11.2. The first-order valence-corrected chi connectivity index (χ1v) is 5.80. The van der Waals surface area contributed by atoms with Crippen LogP contribution in [0.3, 0.4) is 0 Å². The molecule has 5 nitrogen and oxygen atoms in total.